The molecule has 5 nitrogen and oxygen atoms in total. The minimum atomic E-state index is -0.503. The number of aldehydes is 1. The molecule has 1 aromatic rings. The summed E-state index contributed by atoms with van der Waals surface area (Å²) in [6.45, 7) is 0. The van der Waals surface area contributed by atoms with Gasteiger partial charge in [-0.3, -0.25) is 4.79 Å². The molecule has 0 radical (unpaired) electrons. The second-order valence-electron chi connectivity index (χ2n) is 3.43. The Morgan fingerprint density at radius 1 is 1.56 bits per heavy atom. The van der Waals surface area contributed by atoms with E-state index in [0.717, 1.165) is 6.29 Å². The zero-order chi connectivity index (χ0) is 11.5. The van der Waals surface area contributed by atoms with E-state index >= 15 is 0 Å². The first kappa shape index (κ1) is 10.5. The largest absolute Gasteiger partial charge is 0.497 e. The highest BCUT2D eigenvalue weighted by atomic mass is 16.7. The maximum Gasteiger partial charge on any atom is 0.260 e. The van der Waals surface area contributed by atoms with E-state index in [1.165, 1.54) is 0 Å². The molecule has 1 aromatic carbocycles. The number of methoxy groups -OCH3 is 1. The monoisotopic (exact) mass is 221 g/mol. The molecule has 0 aliphatic carbocycles. The Balaban J connectivity index is 2.43. The second kappa shape index (κ2) is 4.22. The molecule has 0 aromatic heterocycles. The van der Waals surface area contributed by atoms with Crippen LogP contribution in [-0.4, -0.2) is 19.3 Å². The minimum absolute atomic E-state index is 0.134. The number of nitrogens with one attached hydrogen (secondary N) is 1. The van der Waals surface area contributed by atoms with Gasteiger partial charge in [-0.05, 0) is 18.2 Å². The molecule has 16 heavy (non-hydrogen) atoms. The van der Waals surface area contributed by atoms with Gasteiger partial charge >= 0.3 is 0 Å². The molecule has 0 bridgehead atoms. The molecule has 2 rings (SSSR count). The van der Waals surface area contributed by atoms with Gasteiger partial charge in [0.15, 0.2) is 5.75 Å². The van der Waals surface area contributed by atoms with Crippen molar-refractivity contribution in [2.75, 3.05) is 7.11 Å². The van der Waals surface area contributed by atoms with Gasteiger partial charge in [0.25, 0.3) is 5.91 Å². The van der Waals surface area contributed by atoms with Crippen molar-refractivity contribution in [3.63, 3.8) is 0 Å². The molecule has 0 saturated heterocycles. The lowest BCUT2D eigenvalue weighted by atomic mass is 9.93. The average Bonchev–Trinajstić information content (AvgIpc) is 2.32. The summed E-state index contributed by atoms with van der Waals surface area (Å²) in [5.41, 5.74) is 2.95. The highest BCUT2D eigenvalue weighted by molar-refractivity contribution is 5.87. The third kappa shape index (κ3) is 1.71. The number of hydroxylamine groups is 1. The number of carbonyl (C=O) groups is 2. The van der Waals surface area contributed by atoms with Crippen LogP contribution in [-0.2, 0) is 9.59 Å². The van der Waals surface area contributed by atoms with E-state index in [0.29, 0.717) is 17.1 Å². The van der Waals surface area contributed by atoms with Crippen molar-refractivity contribution in [1.82, 2.24) is 5.48 Å². The summed E-state index contributed by atoms with van der Waals surface area (Å²) in [6, 6.07) is 5.14. The number of carbonyl (C=O) groups excluding carboxylic acids is 2. The molecular formula is C11H11NO4. The van der Waals surface area contributed by atoms with Gasteiger partial charge in [-0.15, -0.1) is 0 Å². The second-order valence-corrected chi connectivity index (χ2v) is 3.43. The van der Waals surface area contributed by atoms with Crippen LogP contribution in [0.5, 0.6) is 11.5 Å². The number of ether oxygens (including phenoxy) is 1. The van der Waals surface area contributed by atoms with Crippen molar-refractivity contribution in [1.29, 1.82) is 0 Å². The van der Waals surface area contributed by atoms with Crippen LogP contribution in [0, 0.1) is 0 Å². The number of hydrogen-bond acceptors (Lipinski definition) is 4. The first-order chi connectivity index (χ1) is 7.76. The van der Waals surface area contributed by atoms with E-state index in [-0.39, 0.29) is 12.3 Å². The molecule has 0 spiro atoms. The molecule has 1 unspecified atom stereocenters. The molecular weight excluding hydrogens is 210 g/mol. The summed E-state index contributed by atoms with van der Waals surface area (Å²) in [5.74, 6) is 0.365. The molecule has 0 fully saturated rings. The van der Waals surface area contributed by atoms with Gasteiger partial charge in [0.1, 0.15) is 12.0 Å². The fraction of sp³-hybridized carbons (Fsp3) is 0.273. The van der Waals surface area contributed by atoms with Crippen LogP contribution in [0.1, 0.15) is 17.9 Å². The number of amides is 1. The van der Waals surface area contributed by atoms with Crippen LogP contribution in [0.25, 0.3) is 0 Å². The van der Waals surface area contributed by atoms with Crippen LogP contribution in [0.4, 0.5) is 0 Å². The highest BCUT2D eigenvalue weighted by Gasteiger charge is 2.29. The zero-order valence-corrected chi connectivity index (χ0v) is 8.73. The van der Waals surface area contributed by atoms with Crippen LogP contribution in [0.3, 0.4) is 0 Å². The predicted octanol–water partition coefficient (Wildman–Crippen LogP) is 0.791. The standard InChI is InChI=1S/C11H11NO4/c1-15-7-2-3-10-9(6-7)8(4-5-13)11(14)12-16-10/h2-3,5-6,8H,4H2,1H3,(H,12,14). The van der Waals surface area contributed by atoms with Gasteiger partial charge in [0, 0.05) is 12.0 Å². The van der Waals surface area contributed by atoms with Crippen molar-refractivity contribution in [2.45, 2.75) is 12.3 Å². The Labute approximate surface area is 92.3 Å². The van der Waals surface area contributed by atoms with Gasteiger partial charge in [-0.1, -0.05) is 0 Å². The summed E-state index contributed by atoms with van der Waals surface area (Å²) in [5, 5.41) is 0. The molecule has 1 aliphatic rings. The van der Waals surface area contributed by atoms with E-state index in [2.05, 4.69) is 5.48 Å². The van der Waals surface area contributed by atoms with Crippen LogP contribution >= 0.6 is 0 Å². The van der Waals surface area contributed by atoms with Crippen LogP contribution < -0.4 is 15.1 Å². The van der Waals surface area contributed by atoms with Crippen molar-refractivity contribution >= 4 is 12.2 Å². The molecule has 1 aliphatic heterocycles. The van der Waals surface area contributed by atoms with E-state index in [4.69, 9.17) is 9.57 Å². The Morgan fingerprint density at radius 2 is 2.38 bits per heavy atom. The SMILES string of the molecule is COc1ccc2c(c1)C(CC=O)C(=O)NO2. The Hall–Kier alpha value is -2.04. The normalized spacial score (nSPS) is 18.1. The lowest BCUT2D eigenvalue weighted by Gasteiger charge is -2.23. The number of rotatable bonds is 3. The quantitative estimate of drug-likeness (QED) is 0.766. The zero-order valence-electron chi connectivity index (χ0n) is 8.73. The Bertz CT molecular complexity index is 430. The van der Waals surface area contributed by atoms with Gasteiger partial charge in [0.05, 0.1) is 13.0 Å². The number of fused-ring (bicyclic) bond motifs is 1. The van der Waals surface area contributed by atoms with Crippen LogP contribution in [0.2, 0.25) is 0 Å². The summed E-state index contributed by atoms with van der Waals surface area (Å²) in [6.07, 6.45) is 0.855. The van der Waals surface area contributed by atoms with E-state index in [1.54, 1.807) is 25.3 Å². The van der Waals surface area contributed by atoms with Crippen molar-refractivity contribution in [3.8, 4) is 11.5 Å². The highest BCUT2D eigenvalue weighted by Crippen LogP contribution is 2.34. The minimum Gasteiger partial charge on any atom is -0.497 e. The van der Waals surface area contributed by atoms with Crippen molar-refractivity contribution in [3.05, 3.63) is 23.8 Å². The lowest BCUT2D eigenvalue weighted by Crippen LogP contribution is -2.37. The predicted molar refractivity (Wildman–Crippen MR) is 55.2 cm³/mol. The van der Waals surface area contributed by atoms with E-state index in [9.17, 15) is 9.59 Å². The van der Waals surface area contributed by atoms with Gasteiger partial charge in [0.2, 0.25) is 0 Å². The average molecular weight is 221 g/mol. The molecule has 5 heteroatoms. The smallest absolute Gasteiger partial charge is 0.260 e. The molecule has 1 atom stereocenters. The van der Waals surface area contributed by atoms with Crippen molar-refractivity contribution < 1.29 is 19.2 Å². The van der Waals surface area contributed by atoms with Gasteiger partial charge < -0.3 is 14.4 Å². The fourth-order valence-electron chi connectivity index (χ4n) is 1.67. The number of hydrogen-bond donors (Lipinski definition) is 1. The van der Waals surface area contributed by atoms with Crippen molar-refractivity contribution in [2.24, 2.45) is 0 Å². The summed E-state index contributed by atoms with van der Waals surface area (Å²) < 4.78 is 5.07. The molecule has 0 saturated carbocycles. The topological polar surface area (TPSA) is 64.6 Å². The van der Waals surface area contributed by atoms with Gasteiger partial charge in [-0.25, -0.2) is 0 Å². The maximum atomic E-state index is 11.5. The third-order valence-corrected chi connectivity index (χ3v) is 2.50. The summed E-state index contributed by atoms with van der Waals surface area (Å²) in [4.78, 5) is 27.1. The fourth-order valence-corrected chi connectivity index (χ4v) is 1.67. The maximum absolute atomic E-state index is 11.5. The van der Waals surface area contributed by atoms with E-state index in [1.807, 2.05) is 0 Å². The lowest BCUT2D eigenvalue weighted by molar-refractivity contribution is -0.132. The first-order valence-electron chi connectivity index (χ1n) is 4.84. The first-order valence-corrected chi connectivity index (χ1v) is 4.84. The Kier molecular flexibility index (Phi) is 2.76. The molecule has 84 valence electrons. The molecule has 1 N–H and O–H groups in total. The molecule has 1 amide bonds. The van der Waals surface area contributed by atoms with Crippen LogP contribution in [0.15, 0.2) is 18.2 Å². The van der Waals surface area contributed by atoms with Gasteiger partial charge in [-0.2, -0.15) is 5.48 Å². The Morgan fingerprint density at radius 3 is 3.06 bits per heavy atom. The van der Waals surface area contributed by atoms with E-state index < -0.39 is 5.92 Å². The molecule has 1 heterocycles. The number of benzene rings is 1. The third-order valence-electron chi connectivity index (χ3n) is 2.50. The summed E-state index contributed by atoms with van der Waals surface area (Å²) in [7, 11) is 1.54. The summed E-state index contributed by atoms with van der Waals surface area (Å²) >= 11 is 0.